The summed E-state index contributed by atoms with van der Waals surface area (Å²) in [5.41, 5.74) is 0. The van der Waals surface area contributed by atoms with E-state index in [2.05, 4.69) is 31.5 Å². The van der Waals surface area contributed by atoms with Crippen LogP contribution in [0.3, 0.4) is 0 Å². The monoisotopic (exact) mass is 256 g/mol. The van der Waals surface area contributed by atoms with Crippen molar-refractivity contribution in [3.05, 3.63) is 16.3 Å². The summed E-state index contributed by atoms with van der Waals surface area (Å²) < 4.78 is 0. The van der Waals surface area contributed by atoms with Gasteiger partial charge in [-0.25, -0.2) is 0 Å². The first-order chi connectivity index (χ1) is 7.58. The topological polar surface area (TPSA) is 23.6 Å². The zero-order valence-electron chi connectivity index (χ0n) is 9.51. The van der Waals surface area contributed by atoms with Crippen LogP contribution in [0.2, 0.25) is 0 Å². The summed E-state index contributed by atoms with van der Waals surface area (Å²) in [4.78, 5) is 18.1. The molecule has 0 saturated carbocycles. The number of likely N-dealkylation sites (N-methyl/N-ethyl adjacent to an activating group) is 1. The van der Waals surface area contributed by atoms with Gasteiger partial charge < -0.3 is 9.80 Å². The van der Waals surface area contributed by atoms with E-state index >= 15 is 0 Å². The van der Waals surface area contributed by atoms with Gasteiger partial charge in [0.25, 0.3) is 5.91 Å². The molecular weight excluding hydrogens is 240 g/mol. The Balaban J connectivity index is 2.10. The van der Waals surface area contributed by atoms with Crippen LogP contribution in [0.4, 0.5) is 0 Å². The summed E-state index contributed by atoms with van der Waals surface area (Å²) in [5, 5.41) is 1.90. The maximum absolute atomic E-state index is 12.2. The summed E-state index contributed by atoms with van der Waals surface area (Å²) in [5.74, 6) is 0.144. The second kappa shape index (κ2) is 4.77. The largest absolute Gasteiger partial charge is 0.333 e. The number of nitrogens with zero attached hydrogens (tertiary/aromatic N) is 2. The average molecular weight is 256 g/mol. The van der Waals surface area contributed by atoms with Crippen molar-refractivity contribution in [3.63, 3.8) is 0 Å². The maximum Gasteiger partial charge on any atom is 0.264 e. The van der Waals surface area contributed by atoms with Crippen molar-refractivity contribution < 1.29 is 4.79 Å². The highest BCUT2D eigenvalue weighted by atomic mass is 32.1. The van der Waals surface area contributed by atoms with E-state index in [4.69, 9.17) is 0 Å². The lowest BCUT2D eigenvalue weighted by Gasteiger charge is -2.38. The fourth-order valence-corrected chi connectivity index (χ4v) is 3.12. The number of carbonyl (C=O) groups is 1. The normalized spacial score (nSPS) is 22.4. The van der Waals surface area contributed by atoms with Crippen LogP contribution in [-0.4, -0.2) is 48.4 Å². The number of rotatable bonds is 1. The molecule has 1 aliphatic heterocycles. The van der Waals surface area contributed by atoms with E-state index in [1.807, 2.05) is 16.3 Å². The molecule has 16 heavy (non-hydrogen) atoms. The molecule has 0 bridgehead atoms. The van der Waals surface area contributed by atoms with E-state index in [-0.39, 0.29) is 11.9 Å². The molecule has 0 radical (unpaired) electrons. The van der Waals surface area contributed by atoms with Crippen LogP contribution < -0.4 is 0 Å². The molecule has 1 aromatic heterocycles. The minimum absolute atomic E-state index is 0.144. The third kappa shape index (κ3) is 2.42. The van der Waals surface area contributed by atoms with Gasteiger partial charge in [0.2, 0.25) is 0 Å². The van der Waals surface area contributed by atoms with E-state index in [1.165, 1.54) is 11.3 Å². The predicted molar refractivity (Wildman–Crippen MR) is 69.6 cm³/mol. The molecule has 0 N–H and O–H groups in total. The highest BCUT2D eigenvalue weighted by Crippen LogP contribution is 2.21. The molecule has 1 atom stereocenters. The Labute approximate surface area is 105 Å². The van der Waals surface area contributed by atoms with Crippen LogP contribution in [0.5, 0.6) is 0 Å². The maximum atomic E-state index is 12.2. The Bertz CT molecular complexity index is 391. The van der Waals surface area contributed by atoms with E-state index in [0.29, 0.717) is 0 Å². The minimum atomic E-state index is 0.144. The van der Waals surface area contributed by atoms with Crippen molar-refractivity contribution >= 4 is 29.9 Å². The molecule has 0 aliphatic carbocycles. The van der Waals surface area contributed by atoms with Gasteiger partial charge in [0.1, 0.15) is 0 Å². The lowest BCUT2D eigenvalue weighted by Crippen LogP contribution is -2.52. The van der Waals surface area contributed by atoms with Crippen molar-refractivity contribution in [3.8, 4) is 0 Å². The molecular formula is C11H16N2OS2. The van der Waals surface area contributed by atoms with Crippen molar-refractivity contribution in [2.75, 3.05) is 26.7 Å². The Morgan fingerprint density at radius 2 is 2.31 bits per heavy atom. The number of carbonyl (C=O) groups excluding carboxylic acids is 1. The van der Waals surface area contributed by atoms with Crippen molar-refractivity contribution in [1.82, 2.24) is 9.80 Å². The molecule has 1 aliphatic rings. The third-order valence-corrected chi connectivity index (χ3v) is 4.24. The standard InChI is InChI=1S/C11H16N2OS2/c1-8-6-12(2)3-4-13(8)11(14)10-5-9(15)7-16-10/h5,7-8,15H,3-4,6H2,1-2H3. The fraction of sp³-hybridized carbons (Fsp3) is 0.545. The van der Waals surface area contributed by atoms with Crippen molar-refractivity contribution in [1.29, 1.82) is 0 Å². The number of thiol groups is 1. The number of amides is 1. The zero-order chi connectivity index (χ0) is 11.7. The average Bonchev–Trinajstić information content (AvgIpc) is 2.64. The Morgan fingerprint density at radius 3 is 2.88 bits per heavy atom. The third-order valence-electron chi connectivity index (χ3n) is 2.89. The molecule has 1 aromatic rings. The van der Waals surface area contributed by atoms with E-state index in [9.17, 15) is 4.79 Å². The Kier molecular flexibility index (Phi) is 3.56. The first kappa shape index (κ1) is 12.0. The molecule has 2 rings (SSSR count). The Morgan fingerprint density at radius 1 is 1.56 bits per heavy atom. The van der Waals surface area contributed by atoms with Crippen LogP contribution in [0, 0.1) is 0 Å². The van der Waals surface area contributed by atoms with Crippen LogP contribution in [0.15, 0.2) is 16.3 Å². The molecule has 0 spiro atoms. The number of hydrogen-bond donors (Lipinski definition) is 1. The van der Waals surface area contributed by atoms with Crippen LogP contribution >= 0.6 is 24.0 Å². The molecule has 2 heterocycles. The lowest BCUT2D eigenvalue weighted by atomic mass is 10.2. The smallest absolute Gasteiger partial charge is 0.264 e. The van der Waals surface area contributed by atoms with Gasteiger partial charge in [0, 0.05) is 36.0 Å². The van der Waals surface area contributed by atoms with Gasteiger partial charge in [-0.2, -0.15) is 0 Å². The number of thiophene rings is 1. The highest BCUT2D eigenvalue weighted by molar-refractivity contribution is 7.80. The zero-order valence-corrected chi connectivity index (χ0v) is 11.2. The predicted octanol–water partition coefficient (Wildman–Crippen LogP) is 1.81. The quantitative estimate of drug-likeness (QED) is 0.775. The highest BCUT2D eigenvalue weighted by Gasteiger charge is 2.27. The number of piperazine rings is 1. The molecule has 5 heteroatoms. The Hall–Kier alpha value is -0.520. The van der Waals surface area contributed by atoms with Crippen LogP contribution in [0.1, 0.15) is 16.6 Å². The summed E-state index contributed by atoms with van der Waals surface area (Å²) in [6.07, 6.45) is 0. The van der Waals surface area contributed by atoms with E-state index < -0.39 is 0 Å². The molecule has 1 amide bonds. The van der Waals surface area contributed by atoms with Gasteiger partial charge >= 0.3 is 0 Å². The molecule has 3 nitrogen and oxygen atoms in total. The first-order valence-electron chi connectivity index (χ1n) is 5.35. The summed E-state index contributed by atoms with van der Waals surface area (Å²) >= 11 is 5.70. The van der Waals surface area contributed by atoms with E-state index in [0.717, 1.165) is 29.4 Å². The van der Waals surface area contributed by atoms with Crippen LogP contribution in [0.25, 0.3) is 0 Å². The summed E-state index contributed by atoms with van der Waals surface area (Å²) in [6, 6.07) is 2.14. The number of hydrogen-bond acceptors (Lipinski definition) is 4. The van der Waals surface area contributed by atoms with Gasteiger partial charge in [0.15, 0.2) is 0 Å². The van der Waals surface area contributed by atoms with Gasteiger partial charge in [-0.15, -0.1) is 24.0 Å². The molecule has 88 valence electrons. The van der Waals surface area contributed by atoms with Gasteiger partial charge in [0.05, 0.1) is 4.88 Å². The van der Waals surface area contributed by atoms with Gasteiger partial charge in [-0.1, -0.05) is 0 Å². The summed E-state index contributed by atoms with van der Waals surface area (Å²) in [7, 11) is 2.09. The van der Waals surface area contributed by atoms with Gasteiger partial charge in [-0.3, -0.25) is 4.79 Å². The molecule has 0 aromatic carbocycles. The lowest BCUT2D eigenvalue weighted by molar-refractivity contribution is 0.0538. The SMILES string of the molecule is CC1CN(C)CCN1C(=O)c1cc(S)cs1. The van der Waals surface area contributed by atoms with Gasteiger partial charge in [-0.05, 0) is 20.0 Å². The van der Waals surface area contributed by atoms with E-state index in [1.54, 1.807) is 0 Å². The fourth-order valence-electron chi connectivity index (χ4n) is 2.02. The van der Waals surface area contributed by atoms with Crippen LogP contribution in [-0.2, 0) is 0 Å². The van der Waals surface area contributed by atoms with Crippen molar-refractivity contribution in [2.45, 2.75) is 17.9 Å². The molecule has 1 fully saturated rings. The molecule has 1 saturated heterocycles. The second-order valence-corrected chi connectivity index (χ2v) is 5.71. The first-order valence-corrected chi connectivity index (χ1v) is 6.67. The molecule has 1 unspecified atom stereocenters. The second-order valence-electron chi connectivity index (χ2n) is 4.28. The summed E-state index contributed by atoms with van der Waals surface area (Å²) in [6.45, 7) is 4.82. The van der Waals surface area contributed by atoms with Crippen molar-refractivity contribution in [2.24, 2.45) is 0 Å². The minimum Gasteiger partial charge on any atom is -0.333 e.